The van der Waals surface area contributed by atoms with Gasteiger partial charge in [-0.2, -0.15) is 0 Å². The highest BCUT2D eigenvalue weighted by Crippen LogP contribution is 2.17. The van der Waals surface area contributed by atoms with Gasteiger partial charge in [0.25, 0.3) is 0 Å². The highest BCUT2D eigenvalue weighted by atomic mass is 79.9. The van der Waals surface area contributed by atoms with Gasteiger partial charge in [0.2, 0.25) is 5.91 Å². The molecule has 1 heterocycles. The van der Waals surface area contributed by atoms with Crippen molar-refractivity contribution in [3.05, 3.63) is 58.5 Å². The molecule has 106 valence electrons. The second kappa shape index (κ2) is 6.76. The van der Waals surface area contributed by atoms with E-state index in [0.29, 0.717) is 0 Å². The maximum Gasteiger partial charge on any atom is 0.358 e. The quantitative estimate of drug-likeness (QED) is 0.829. The number of carboxylic acids is 1. The maximum absolute atomic E-state index is 11.8. The molecule has 0 fully saturated rings. The summed E-state index contributed by atoms with van der Waals surface area (Å²) in [5.74, 6) is -1.84. The number of carbonyl (C=O) groups is 2. The molecule has 1 amide bonds. The zero-order valence-corrected chi connectivity index (χ0v) is 12.2. The first-order chi connectivity index (χ1) is 10.1. The third kappa shape index (κ3) is 3.96. The summed E-state index contributed by atoms with van der Waals surface area (Å²) < 4.78 is 0.847. The largest absolute Gasteiger partial charge is 0.476 e. The lowest BCUT2D eigenvalue weighted by molar-refractivity contribution is -0.111. The van der Waals surface area contributed by atoms with E-state index in [-0.39, 0.29) is 11.5 Å². The number of hydrogen-bond acceptors (Lipinski definition) is 4. The minimum absolute atomic E-state index is 0.0909. The van der Waals surface area contributed by atoms with Gasteiger partial charge < -0.3 is 10.4 Å². The van der Waals surface area contributed by atoms with Crippen molar-refractivity contribution >= 4 is 39.7 Å². The molecule has 1 aromatic carbocycles. The number of amides is 1. The van der Waals surface area contributed by atoms with Gasteiger partial charge in [-0.25, -0.2) is 14.8 Å². The van der Waals surface area contributed by atoms with Gasteiger partial charge in [0.05, 0.1) is 0 Å². The smallest absolute Gasteiger partial charge is 0.358 e. The molecule has 0 spiro atoms. The van der Waals surface area contributed by atoms with Crippen molar-refractivity contribution in [2.45, 2.75) is 0 Å². The molecule has 7 heteroatoms. The number of carbonyl (C=O) groups excluding carboxylic acids is 1. The minimum Gasteiger partial charge on any atom is -0.476 e. The number of anilines is 1. The Kier molecular flexibility index (Phi) is 4.78. The molecule has 0 aliphatic heterocycles. The van der Waals surface area contributed by atoms with Crippen molar-refractivity contribution in [2.75, 3.05) is 5.32 Å². The molecule has 1 aromatic heterocycles. The number of benzene rings is 1. The summed E-state index contributed by atoms with van der Waals surface area (Å²) in [6.45, 7) is 0. The Morgan fingerprint density at radius 2 is 1.90 bits per heavy atom. The molecular weight excluding hydrogens is 338 g/mol. The van der Waals surface area contributed by atoms with E-state index in [0.717, 1.165) is 10.0 Å². The maximum atomic E-state index is 11.8. The molecule has 0 saturated heterocycles. The van der Waals surface area contributed by atoms with Gasteiger partial charge in [-0.1, -0.05) is 34.1 Å². The molecule has 0 bridgehead atoms. The monoisotopic (exact) mass is 347 g/mol. The lowest BCUT2D eigenvalue weighted by atomic mass is 10.2. The summed E-state index contributed by atoms with van der Waals surface area (Å²) >= 11 is 3.36. The van der Waals surface area contributed by atoms with Gasteiger partial charge in [0, 0.05) is 22.9 Å². The average Bonchev–Trinajstić information content (AvgIpc) is 2.47. The van der Waals surface area contributed by atoms with Crippen LogP contribution < -0.4 is 5.32 Å². The first-order valence-electron chi connectivity index (χ1n) is 5.86. The first-order valence-corrected chi connectivity index (χ1v) is 6.65. The Bertz CT molecular complexity index is 716. The van der Waals surface area contributed by atoms with Gasteiger partial charge in [-0.05, 0) is 17.7 Å². The van der Waals surface area contributed by atoms with E-state index < -0.39 is 11.9 Å². The van der Waals surface area contributed by atoms with Gasteiger partial charge in [0.1, 0.15) is 0 Å². The zero-order chi connectivity index (χ0) is 15.2. The van der Waals surface area contributed by atoms with Crippen LogP contribution in [0, 0.1) is 0 Å². The van der Waals surface area contributed by atoms with Gasteiger partial charge in [-0.15, -0.1) is 0 Å². The first kappa shape index (κ1) is 14.9. The third-order valence-corrected chi connectivity index (χ3v) is 3.18. The molecule has 0 aliphatic rings. The topological polar surface area (TPSA) is 92.2 Å². The van der Waals surface area contributed by atoms with Crippen molar-refractivity contribution in [2.24, 2.45) is 0 Å². The highest BCUT2D eigenvalue weighted by molar-refractivity contribution is 9.10. The molecule has 2 rings (SSSR count). The van der Waals surface area contributed by atoms with Gasteiger partial charge in [0.15, 0.2) is 11.5 Å². The number of halogens is 1. The molecule has 0 saturated carbocycles. The van der Waals surface area contributed by atoms with Crippen LogP contribution in [-0.4, -0.2) is 27.0 Å². The molecule has 0 atom stereocenters. The lowest BCUT2D eigenvalue weighted by Crippen LogP contribution is -2.14. The van der Waals surface area contributed by atoms with E-state index >= 15 is 0 Å². The summed E-state index contributed by atoms with van der Waals surface area (Å²) in [5, 5.41) is 11.3. The molecule has 0 aliphatic carbocycles. The van der Waals surface area contributed by atoms with Gasteiger partial charge >= 0.3 is 5.97 Å². The fourth-order valence-corrected chi connectivity index (χ4v) is 1.94. The number of aromatic nitrogens is 2. The predicted molar refractivity (Wildman–Crippen MR) is 80.8 cm³/mol. The summed E-state index contributed by atoms with van der Waals surface area (Å²) in [4.78, 5) is 30.2. The highest BCUT2D eigenvalue weighted by Gasteiger charge is 2.13. The van der Waals surface area contributed by atoms with E-state index in [9.17, 15) is 9.59 Å². The molecule has 2 aromatic rings. The molecule has 2 N–H and O–H groups in total. The number of rotatable bonds is 4. The molecular formula is C14H10BrN3O3. The van der Waals surface area contributed by atoms with Crippen LogP contribution in [0.25, 0.3) is 6.08 Å². The van der Waals surface area contributed by atoms with Crippen molar-refractivity contribution in [3.63, 3.8) is 0 Å². The SMILES string of the molecule is O=C(C=Cc1ccccc1Br)Nc1nccnc1C(=O)O. The summed E-state index contributed by atoms with van der Waals surface area (Å²) in [7, 11) is 0. The summed E-state index contributed by atoms with van der Waals surface area (Å²) in [6.07, 6.45) is 5.45. The third-order valence-electron chi connectivity index (χ3n) is 2.46. The molecule has 6 nitrogen and oxygen atoms in total. The number of nitrogens with zero attached hydrogens (tertiary/aromatic N) is 2. The van der Waals surface area contributed by atoms with Crippen LogP contribution in [0.3, 0.4) is 0 Å². The average molecular weight is 348 g/mol. The summed E-state index contributed by atoms with van der Waals surface area (Å²) in [6, 6.07) is 7.38. The fourth-order valence-electron chi connectivity index (χ4n) is 1.52. The van der Waals surface area contributed by atoms with Crippen LogP contribution in [-0.2, 0) is 4.79 Å². The number of hydrogen-bond donors (Lipinski definition) is 2. The second-order valence-electron chi connectivity index (χ2n) is 3.90. The van der Waals surface area contributed by atoms with Crippen molar-refractivity contribution in [3.8, 4) is 0 Å². The normalized spacial score (nSPS) is 10.5. The molecule has 21 heavy (non-hydrogen) atoms. The van der Waals surface area contributed by atoms with Crippen LogP contribution in [0.1, 0.15) is 16.1 Å². The van der Waals surface area contributed by atoms with E-state index in [1.165, 1.54) is 18.5 Å². The Hall–Kier alpha value is -2.54. The standard InChI is InChI=1S/C14H10BrN3O3/c15-10-4-2-1-3-9(10)5-6-11(19)18-13-12(14(20)21)16-7-8-17-13/h1-8H,(H,20,21)(H,17,18,19). The van der Waals surface area contributed by atoms with Crippen molar-refractivity contribution < 1.29 is 14.7 Å². The Labute approximate surface area is 128 Å². The van der Waals surface area contributed by atoms with E-state index in [2.05, 4.69) is 31.2 Å². The Morgan fingerprint density at radius 1 is 1.19 bits per heavy atom. The van der Waals surface area contributed by atoms with E-state index in [1.807, 2.05) is 24.3 Å². The zero-order valence-electron chi connectivity index (χ0n) is 10.7. The predicted octanol–water partition coefficient (Wildman–Crippen LogP) is 2.59. The Morgan fingerprint density at radius 3 is 2.62 bits per heavy atom. The van der Waals surface area contributed by atoms with Crippen LogP contribution in [0.4, 0.5) is 5.82 Å². The summed E-state index contributed by atoms with van der Waals surface area (Å²) in [5.41, 5.74) is 0.519. The van der Waals surface area contributed by atoms with Crippen molar-refractivity contribution in [1.29, 1.82) is 0 Å². The second-order valence-corrected chi connectivity index (χ2v) is 4.76. The fraction of sp³-hybridized carbons (Fsp3) is 0. The number of nitrogens with one attached hydrogen (secondary N) is 1. The lowest BCUT2D eigenvalue weighted by Gasteiger charge is -2.03. The molecule has 0 radical (unpaired) electrons. The number of aromatic carboxylic acids is 1. The van der Waals surface area contributed by atoms with E-state index in [4.69, 9.17) is 5.11 Å². The molecule has 0 unspecified atom stereocenters. The minimum atomic E-state index is -1.26. The Balaban J connectivity index is 2.13. The van der Waals surface area contributed by atoms with Crippen molar-refractivity contribution in [1.82, 2.24) is 9.97 Å². The van der Waals surface area contributed by atoms with Gasteiger partial charge in [-0.3, -0.25) is 4.79 Å². The van der Waals surface area contributed by atoms with Crippen LogP contribution in [0.2, 0.25) is 0 Å². The number of carboxylic acid groups (broad SMARTS) is 1. The van der Waals surface area contributed by atoms with E-state index in [1.54, 1.807) is 6.08 Å². The van der Waals surface area contributed by atoms with Crippen LogP contribution >= 0.6 is 15.9 Å². The van der Waals surface area contributed by atoms with Crippen LogP contribution in [0.15, 0.2) is 47.2 Å². The van der Waals surface area contributed by atoms with Crippen LogP contribution in [0.5, 0.6) is 0 Å².